The highest BCUT2D eigenvalue weighted by atomic mass is 16.2. The minimum Gasteiger partial charge on any atom is -0.342 e. The Kier molecular flexibility index (Phi) is 3.12. The number of nitriles is 1. The summed E-state index contributed by atoms with van der Waals surface area (Å²) in [7, 11) is 1.82. The van der Waals surface area contributed by atoms with Gasteiger partial charge in [-0.2, -0.15) is 5.26 Å². The first kappa shape index (κ1) is 13.9. The fourth-order valence-corrected chi connectivity index (χ4v) is 3.33. The molecule has 5 heteroatoms. The van der Waals surface area contributed by atoms with Gasteiger partial charge in [-0.15, -0.1) is 0 Å². The average molecular weight is 284 g/mol. The monoisotopic (exact) mass is 284 g/mol. The highest BCUT2D eigenvalue weighted by Crippen LogP contribution is 2.32. The van der Waals surface area contributed by atoms with E-state index in [2.05, 4.69) is 6.07 Å². The van der Waals surface area contributed by atoms with Crippen LogP contribution in [0.1, 0.15) is 37.1 Å². The van der Waals surface area contributed by atoms with E-state index in [1.54, 1.807) is 4.90 Å². The molecule has 5 nitrogen and oxygen atoms in total. The fraction of sp³-hybridized carbons (Fsp3) is 0.562. The molecule has 1 amide bonds. The third-order valence-electron chi connectivity index (χ3n) is 4.61. The van der Waals surface area contributed by atoms with Crippen LogP contribution in [0.2, 0.25) is 0 Å². The van der Waals surface area contributed by atoms with Crippen LogP contribution in [0, 0.1) is 11.3 Å². The zero-order valence-electron chi connectivity index (χ0n) is 12.8. The number of amides is 1. The van der Waals surface area contributed by atoms with Crippen LogP contribution < -0.4 is 4.90 Å². The molecular formula is C16H20N4O. The molecule has 2 heterocycles. The van der Waals surface area contributed by atoms with E-state index in [4.69, 9.17) is 4.98 Å². The maximum atomic E-state index is 12.4. The molecular weight excluding hydrogens is 264 g/mol. The van der Waals surface area contributed by atoms with Crippen molar-refractivity contribution in [1.29, 1.82) is 5.26 Å². The van der Waals surface area contributed by atoms with Crippen LogP contribution in [-0.4, -0.2) is 41.5 Å². The van der Waals surface area contributed by atoms with Crippen LogP contribution in [0.4, 0.5) is 5.82 Å². The zero-order valence-corrected chi connectivity index (χ0v) is 12.8. The Morgan fingerprint density at radius 3 is 2.81 bits per heavy atom. The molecule has 21 heavy (non-hydrogen) atoms. The minimum atomic E-state index is -0.668. The van der Waals surface area contributed by atoms with Crippen LogP contribution >= 0.6 is 0 Å². The number of hydrogen-bond donors (Lipinski definition) is 0. The average Bonchev–Trinajstić information content (AvgIpc) is 2.91. The molecule has 1 aromatic rings. The minimum absolute atomic E-state index is 0.0694. The van der Waals surface area contributed by atoms with E-state index < -0.39 is 5.54 Å². The number of nitrogens with zero attached hydrogens (tertiary/aromatic N) is 4. The quantitative estimate of drug-likeness (QED) is 0.784. The molecule has 0 atom stereocenters. The van der Waals surface area contributed by atoms with Gasteiger partial charge in [-0.05, 0) is 44.7 Å². The van der Waals surface area contributed by atoms with Crippen molar-refractivity contribution in [2.24, 2.45) is 0 Å². The Hall–Kier alpha value is -2.09. The molecule has 0 bridgehead atoms. The molecule has 3 rings (SSSR count). The largest absolute Gasteiger partial charge is 0.342 e. The molecule has 1 saturated heterocycles. The Labute approximate surface area is 125 Å². The van der Waals surface area contributed by atoms with Crippen molar-refractivity contribution in [3.8, 4) is 6.07 Å². The van der Waals surface area contributed by atoms with Crippen molar-refractivity contribution < 1.29 is 4.79 Å². The van der Waals surface area contributed by atoms with E-state index in [-0.39, 0.29) is 5.91 Å². The molecule has 1 fully saturated rings. The first-order valence-electron chi connectivity index (χ1n) is 7.41. The van der Waals surface area contributed by atoms with Gasteiger partial charge in [0.05, 0.1) is 5.56 Å². The maximum absolute atomic E-state index is 12.4. The summed E-state index contributed by atoms with van der Waals surface area (Å²) in [6, 6.07) is 4.22. The standard InChI is InChI=1S/C16H20N4O/c1-16(2)15(21)19(3)7-8-20(16)14-12(10-17)9-11-5-4-6-13(11)18-14/h9H,4-8H2,1-3H3. The van der Waals surface area contributed by atoms with Crippen molar-refractivity contribution in [3.63, 3.8) is 0 Å². The molecule has 0 saturated carbocycles. The summed E-state index contributed by atoms with van der Waals surface area (Å²) in [6.45, 7) is 5.17. The van der Waals surface area contributed by atoms with Gasteiger partial charge >= 0.3 is 0 Å². The number of rotatable bonds is 1. The van der Waals surface area contributed by atoms with Crippen LogP contribution in [0.3, 0.4) is 0 Å². The van der Waals surface area contributed by atoms with Gasteiger partial charge in [-0.25, -0.2) is 4.98 Å². The first-order chi connectivity index (χ1) is 9.95. The summed E-state index contributed by atoms with van der Waals surface area (Å²) in [5.41, 5.74) is 2.19. The molecule has 0 aromatic carbocycles. The second-order valence-electron chi connectivity index (χ2n) is 6.37. The van der Waals surface area contributed by atoms with Gasteiger partial charge in [-0.1, -0.05) is 0 Å². The van der Waals surface area contributed by atoms with Gasteiger partial charge in [0.2, 0.25) is 5.91 Å². The fourth-order valence-electron chi connectivity index (χ4n) is 3.33. The van der Waals surface area contributed by atoms with Crippen LogP contribution in [0.15, 0.2) is 6.07 Å². The Morgan fingerprint density at radius 1 is 1.33 bits per heavy atom. The van der Waals surface area contributed by atoms with Gasteiger partial charge < -0.3 is 9.80 Å². The van der Waals surface area contributed by atoms with Gasteiger partial charge in [0.1, 0.15) is 17.4 Å². The normalized spacial score (nSPS) is 20.4. The number of aromatic nitrogens is 1. The van der Waals surface area contributed by atoms with Crippen LogP contribution in [0.25, 0.3) is 0 Å². The topological polar surface area (TPSA) is 60.2 Å². The summed E-state index contributed by atoms with van der Waals surface area (Å²) in [6.07, 6.45) is 3.07. The zero-order chi connectivity index (χ0) is 15.2. The molecule has 0 N–H and O–H groups in total. The maximum Gasteiger partial charge on any atom is 0.247 e. The smallest absolute Gasteiger partial charge is 0.247 e. The van der Waals surface area contributed by atoms with Gasteiger partial charge in [0.15, 0.2) is 0 Å². The lowest BCUT2D eigenvalue weighted by Gasteiger charge is -2.45. The lowest BCUT2D eigenvalue weighted by atomic mass is 9.96. The Morgan fingerprint density at radius 2 is 2.10 bits per heavy atom. The Balaban J connectivity index is 2.08. The van der Waals surface area contributed by atoms with Crippen molar-refractivity contribution in [3.05, 3.63) is 22.9 Å². The first-order valence-corrected chi connectivity index (χ1v) is 7.41. The third kappa shape index (κ3) is 2.06. The van der Waals surface area contributed by atoms with Gasteiger partial charge in [-0.3, -0.25) is 4.79 Å². The van der Waals surface area contributed by atoms with Crippen molar-refractivity contribution >= 4 is 11.7 Å². The van der Waals surface area contributed by atoms with Crippen molar-refractivity contribution in [2.75, 3.05) is 25.0 Å². The van der Waals surface area contributed by atoms with E-state index in [0.29, 0.717) is 24.5 Å². The SMILES string of the molecule is CN1CCN(c2nc3c(cc2C#N)CCC3)C(C)(C)C1=O. The van der Waals surface area contributed by atoms with Gasteiger partial charge in [0.25, 0.3) is 0 Å². The van der Waals surface area contributed by atoms with E-state index in [1.165, 1.54) is 5.56 Å². The lowest BCUT2D eigenvalue weighted by Crippen LogP contribution is -2.62. The lowest BCUT2D eigenvalue weighted by molar-refractivity contribution is -0.136. The van der Waals surface area contributed by atoms with Crippen LogP contribution in [-0.2, 0) is 17.6 Å². The predicted octanol–water partition coefficient (Wildman–Crippen LogP) is 1.50. The van der Waals surface area contributed by atoms with Crippen molar-refractivity contribution in [2.45, 2.75) is 38.6 Å². The van der Waals surface area contributed by atoms with E-state index in [0.717, 1.165) is 25.0 Å². The number of pyridine rings is 1. The predicted molar refractivity (Wildman–Crippen MR) is 80.0 cm³/mol. The molecule has 1 aliphatic heterocycles. The number of anilines is 1. The molecule has 2 aliphatic rings. The molecule has 1 aromatic heterocycles. The highest BCUT2D eigenvalue weighted by molar-refractivity contribution is 5.90. The molecule has 110 valence electrons. The second kappa shape index (κ2) is 4.73. The summed E-state index contributed by atoms with van der Waals surface area (Å²) in [5.74, 6) is 0.740. The number of likely N-dealkylation sites (N-methyl/N-ethyl adjacent to an activating group) is 1. The number of carbonyl (C=O) groups is 1. The summed E-state index contributed by atoms with van der Waals surface area (Å²) in [4.78, 5) is 20.9. The summed E-state index contributed by atoms with van der Waals surface area (Å²) in [5, 5.41) is 9.46. The van der Waals surface area contributed by atoms with E-state index >= 15 is 0 Å². The highest BCUT2D eigenvalue weighted by Gasteiger charge is 2.42. The number of piperazine rings is 1. The number of fused-ring (bicyclic) bond motifs is 1. The summed E-state index contributed by atoms with van der Waals surface area (Å²) >= 11 is 0. The summed E-state index contributed by atoms with van der Waals surface area (Å²) < 4.78 is 0. The van der Waals surface area contributed by atoms with E-state index in [9.17, 15) is 10.1 Å². The van der Waals surface area contributed by atoms with Crippen LogP contribution in [0.5, 0.6) is 0 Å². The van der Waals surface area contributed by atoms with Crippen molar-refractivity contribution in [1.82, 2.24) is 9.88 Å². The number of aryl methyl sites for hydroxylation is 2. The number of hydrogen-bond acceptors (Lipinski definition) is 4. The second-order valence-corrected chi connectivity index (χ2v) is 6.37. The van der Waals surface area contributed by atoms with Gasteiger partial charge in [0, 0.05) is 25.8 Å². The molecule has 1 aliphatic carbocycles. The van der Waals surface area contributed by atoms with E-state index in [1.807, 2.05) is 31.9 Å². The molecule has 0 radical (unpaired) electrons. The third-order valence-corrected chi connectivity index (χ3v) is 4.61. The molecule has 0 unspecified atom stereocenters. The Bertz CT molecular complexity index is 644. The molecule has 0 spiro atoms. The number of carbonyl (C=O) groups excluding carboxylic acids is 1.